The highest BCUT2D eigenvalue weighted by molar-refractivity contribution is 6.02. The van der Waals surface area contributed by atoms with E-state index in [0.717, 1.165) is 0 Å². The smallest absolute Gasteiger partial charge is 0.339 e. The van der Waals surface area contributed by atoms with E-state index in [1.165, 1.54) is 0 Å². The van der Waals surface area contributed by atoms with Crippen LogP contribution >= 0.6 is 0 Å². The molecule has 0 amide bonds. The first-order valence-electron chi connectivity index (χ1n) is 8.84. The molecule has 1 aromatic rings. The van der Waals surface area contributed by atoms with E-state index in [2.05, 4.69) is 0 Å². The zero-order valence-electron chi connectivity index (χ0n) is 16.1. The lowest BCUT2D eigenvalue weighted by molar-refractivity contribution is -0.137. The number of rotatable bonds is 9. The average Bonchev–Trinajstić information content (AvgIpc) is 2.57. The third-order valence-corrected chi connectivity index (χ3v) is 3.14. The Bertz CT molecular complexity index is 719. The Kier molecular flexibility index (Phi) is 4.89. The number of carboxylic acids is 2. The second kappa shape index (κ2) is 8.81. The van der Waals surface area contributed by atoms with Crippen LogP contribution in [0.3, 0.4) is 0 Å². The molecule has 0 aliphatic rings. The van der Waals surface area contributed by atoms with Gasteiger partial charge < -0.3 is 14.9 Å². The summed E-state index contributed by atoms with van der Waals surface area (Å²) in [5, 5.41) is 17.9. The molecule has 0 bridgehead atoms. The van der Waals surface area contributed by atoms with Crippen molar-refractivity contribution in [2.24, 2.45) is 5.92 Å². The molecule has 2 N–H and O–H groups in total. The normalized spacial score (nSPS) is 14.2. The van der Waals surface area contributed by atoms with Gasteiger partial charge in [-0.25, -0.2) is 9.59 Å². The highest BCUT2D eigenvalue weighted by atomic mass is 16.5. The quantitative estimate of drug-likeness (QED) is 0.680. The van der Waals surface area contributed by atoms with Crippen molar-refractivity contribution in [3.05, 3.63) is 35.3 Å². The molecular weight excluding hydrogens is 288 g/mol. The summed E-state index contributed by atoms with van der Waals surface area (Å²) >= 11 is 0. The number of hydrogen-bond acceptors (Lipinski definition) is 4. The lowest BCUT2D eigenvalue weighted by atomic mass is 10.00. The highest BCUT2D eigenvalue weighted by Crippen LogP contribution is 2.16. The number of hydrogen-bond donors (Lipinski definition) is 2. The number of carbonyl (C=O) groups is 3. The SMILES string of the molecule is [2H]c1c([2H])c([2H])c(C(=O)OCC(CC)CCCC(=O)O)c(C(=O)O)c1[2H]. The van der Waals surface area contributed by atoms with Crippen molar-refractivity contribution in [3.8, 4) is 0 Å². The number of carbonyl (C=O) groups excluding carboxylic acids is 1. The summed E-state index contributed by atoms with van der Waals surface area (Å²) in [7, 11) is 0. The van der Waals surface area contributed by atoms with Gasteiger partial charge in [-0.2, -0.15) is 0 Å². The van der Waals surface area contributed by atoms with Crippen LogP contribution in [0.2, 0.25) is 0 Å². The van der Waals surface area contributed by atoms with Gasteiger partial charge in [0, 0.05) is 6.42 Å². The van der Waals surface area contributed by atoms with Crippen molar-refractivity contribution in [2.45, 2.75) is 32.6 Å². The predicted molar refractivity (Wildman–Crippen MR) is 79.0 cm³/mol. The van der Waals surface area contributed by atoms with Gasteiger partial charge in [0.05, 0.1) is 23.2 Å². The average molecular weight is 312 g/mol. The first-order valence-corrected chi connectivity index (χ1v) is 6.84. The van der Waals surface area contributed by atoms with Crippen LogP contribution in [0.25, 0.3) is 0 Å². The molecule has 1 rings (SSSR count). The van der Waals surface area contributed by atoms with Gasteiger partial charge in [0.2, 0.25) is 0 Å². The second-order valence-corrected chi connectivity index (χ2v) is 4.71. The van der Waals surface area contributed by atoms with Crippen molar-refractivity contribution in [1.82, 2.24) is 0 Å². The van der Waals surface area contributed by atoms with Crippen LogP contribution < -0.4 is 0 Å². The monoisotopic (exact) mass is 312 g/mol. The minimum Gasteiger partial charge on any atom is -0.481 e. The number of aromatic carboxylic acids is 1. The molecule has 120 valence electrons. The highest BCUT2D eigenvalue weighted by Gasteiger charge is 2.18. The van der Waals surface area contributed by atoms with Gasteiger partial charge in [0.25, 0.3) is 0 Å². The van der Waals surface area contributed by atoms with Crippen LogP contribution in [-0.2, 0) is 9.53 Å². The molecule has 0 heterocycles. The molecule has 0 aliphatic heterocycles. The molecule has 0 saturated carbocycles. The second-order valence-electron chi connectivity index (χ2n) is 4.71. The fourth-order valence-corrected chi connectivity index (χ4v) is 1.84. The number of benzene rings is 1. The van der Waals surface area contributed by atoms with E-state index < -0.39 is 53.2 Å². The van der Waals surface area contributed by atoms with Gasteiger partial charge in [-0.05, 0) is 30.8 Å². The fraction of sp³-hybridized carbons (Fsp3) is 0.438. The number of esters is 1. The summed E-state index contributed by atoms with van der Waals surface area (Å²) in [6.07, 6.45) is 1.48. The lowest BCUT2D eigenvalue weighted by Crippen LogP contribution is -2.16. The maximum Gasteiger partial charge on any atom is 0.339 e. The molecule has 0 saturated heterocycles. The molecule has 22 heavy (non-hydrogen) atoms. The van der Waals surface area contributed by atoms with Crippen molar-refractivity contribution in [3.63, 3.8) is 0 Å². The molecule has 1 unspecified atom stereocenters. The Morgan fingerprint density at radius 1 is 1.23 bits per heavy atom. The molecule has 0 fully saturated rings. The molecule has 0 spiro atoms. The zero-order chi connectivity index (χ0) is 20.0. The predicted octanol–water partition coefficient (Wildman–Crippen LogP) is 2.82. The van der Waals surface area contributed by atoms with Crippen molar-refractivity contribution in [2.75, 3.05) is 6.61 Å². The first-order chi connectivity index (χ1) is 12.1. The fourth-order valence-electron chi connectivity index (χ4n) is 1.84. The number of carboxylic acid groups (broad SMARTS) is 2. The molecule has 1 atom stereocenters. The van der Waals surface area contributed by atoms with Crippen LogP contribution in [0.4, 0.5) is 0 Å². The van der Waals surface area contributed by atoms with Gasteiger partial charge in [-0.1, -0.05) is 25.4 Å². The Morgan fingerprint density at radius 3 is 2.41 bits per heavy atom. The maximum atomic E-state index is 12.3. The molecular formula is C16H20O6. The van der Waals surface area contributed by atoms with Crippen LogP contribution in [0, 0.1) is 5.92 Å². The summed E-state index contributed by atoms with van der Waals surface area (Å²) in [5.41, 5.74) is -1.55. The molecule has 6 heteroatoms. The standard InChI is InChI=1S/C16H20O6/c1-2-11(6-5-9-14(17)18)10-22-16(21)13-8-4-3-7-12(13)15(19)20/h3-4,7-8,11H,2,5-6,9-10H2,1H3,(H,17,18)(H,19,20)/i3D,4D,7D,8D. The van der Waals surface area contributed by atoms with E-state index in [1.807, 2.05) is 6.92 Å². The van der Waals surface area contributed by atoms with Gasteiger partial charge in [-0.15, -0.1) is 0 Å². The maximum absolute atomic E-state index is 12.3. The summed E-state index contributed by atoms with van der Waals surface area (Å²) in [6.45, 7) is 1.73. The first kappa shape index (κ1) is 12.2. The zero-order valence-corrected chi connectivity index (χ0v) is 12.1. The van der Waals surface area contributed by atoms with Crippen molar-refractivity contribution in [1.29, 1.82) is 0 Å². The van der Waals surface area contributed by atoms with Crippen LogP contribution in [-0.4, -0.2) is 34.7 Å². The van der Waals surface area contributed by atoms with E-state index in [4.69, 9.17) is 15.3 Å². The number of ether oxygens (including phenoxy) is 1. The number of aliphatic carboxylic acids is 1. The summed E-state index contributed by atoms with van der Waals surface area (Å²) in [6, 6.07) is -3.06. The van der Waals surface area contributed by atoms with Crippen LogP contribution in [0.1, 0.15) is 58.8 Å². The van der Waals surface area contributed by atoms with Crippen LogP contribution in [0.15, 0.2) is 24.2 Å². The molecule has 6 nitrogen and oxygen atoms in total. The van der Waals surface area contributed by atoms with E-state index in [9.17, 15) is 19.5 Å². The largest absolute Gasteiger partial charge is 0.481 e. The minimum absolute atomic E-state index is 0.0140. The molecule has 0 aromatic heterocycles. The van der Waals surface area contributed by atoms with Gasteiger partial charge in [0.15, 0.2) is 0 Å². The summed E-state index contributed by atoms with van der Waals surface area (Å²) < 4.78 is 35.6. The summed E-state index contributed by atoms with van der Waals surface area (Å²) in [4.78, 5) is 34.2. The van der Waals surface area contributed by atoms with Gasteiger partial charge >= 0.3 is 17.9 Å². The summed E-state index contributed by atoms with van der Waals surface area (Å²) in [5.74, 6) is -3.87. The van der Waals surface area contributed by atoms with Gasteiger partial charge in [-0.3, -0.25) is 4.79 Å². The topological polar surface area (TPSA) is 101 Å². The Hall–Kier alpha value is -2.37. The minimum atomic E-state index is -1.66. The Balaban J connectivity index is 3.00. The van der Waals surface area contributed by atoms with Gasteiger partial charge in [0.1, 0.15) is 0 Å². The third kappa shape index (κ3) is 5.55. The van der Waals surface area contributed by atoms with Crippen molar-refractivity contribution >= 4 is 17.9 Å². The Labute approximate surface area is 134 Å². The lowest BCUT2D eigenvalue weighted by Gasteiger charge is -2.15. The van der Waals surface area contributed by atoms with E-state index >= 15 is 0 Å². The van der Waals surface area contributed by atoms with E-state index in [0.29, 0.717) is 19.3 Å². The Morgan fingerprint density at radius 2 is 1.86 bits per heavy atom. The molecule has 0 radical (unpaired) electrons. The third-order valence-electron chi connectivity index (χ3n) is 3.14. The van der Waals surface area contributed by atoms with E-state index in [1.54, 1.807) is 0 Å². The molecule has 1 aromatic carbocycles. The van der Waals surface area contributed by atoms with Crippen molar-refractivity contribution < 1.29 is 34.8 Å². The van der Waals surface area contributed by atoms with E-state index in [-0.39, 0.29) is 18.9 Å². The van der Waals surface area contributed by atoms with Crippen LogP contribution in [0.5, 0.6) is 0 Å². The molecule has 0 aliphatic carbocycles.